The Labute approximate surface area is 96.1 Å². The Morgan fingerprint density at radius 1 is 1.27 bits per heavy atom. The van der Waals surface area contributed by atoms with Crippen molar-refractivity contribution < 1.29 is 0 Å². The summed E-state index contributed by atoms with van der Waals surface area (Å²) in [5, 5.41) is 14.6. The molecule has 0 aliphatic heterocycles. The molecule has 76 valence electrons. The summed E-state index contributed by atoms with van der Waals surface area (Å²) >= 11 is 3.25. The van der Waals surface area contributed by atoms with E-state index < -0.39 is 0 Å². The van der Waals surface area contributed by atoms with E-state index >= 15 is 0 Å². The Kier molecular flexibility index (Phi) is 3.09. The van der Waals surface area contributed by atoms with Gasteiger partial charge in [0.1, 0.15) is 0 Å². The van der Waals surface area contributed by atoms with Crippen molar-refractivity contribution in [3.8, 4) is 6.07 Å². The third-order valence-corrected chi connectivity index (χ3v) is 3.58. The maximum atomic E-state index is 8.53. The monoisotopic (exact) mass is 235 g/mol. The number of hydrogen-bond donors (Lipinski definition) is 0. The molecule has 3 nitrogen and oxygen atoms in total. The highest BCUT2D eigenvalue weighted by Gasteiger charge is 2.05. The predicted molar refractivity (Wildman–Crippen MR) is 61.1 cm³/mol. The second kappa shape index (κ2) is 4.51. The van der Waals surface area contributed by atoms with Gasteiger partial charge >= 0.3 is 0 Å². The molecular formula is C10H9N3S2. The van der Waals surface area contributed by atoms with E-state index in [2.05, 4.69) is 21.4 Å². The van der Waals surface area contributed by atoms with Crippen LogP contribution in [0.1, 0.15) is 21.4 Å². The van der Waals surface area contributed by atoms with Gasteiger partial charge in [-0.15, -0.1) is 22.7 Å². The van der Waals surface area contributed by atoms with E-state index in [1.807, 2.05) is 12.3 Å². The fourth-order valence-electron chi connectivity index (χ4n) is 1.24. The molecule has 0 saturated carbocycles. The lowest BCUT2D eigenvalue weighted by Crippen LogP contribution is -1.89. The van der Waals surface area contributed by atoms with Gasteiger partial charge in [0, 0.05) is 17.2 Å². The van der Waals surface area contributed by atoms with Crippen molar-refractivity contribution in [2.75, 3.05) is 0 Å². The first-order valence-corrected chi connectivity index (χ1v) is 6.25. The van der Waals surface area contributed by atoms with E-state index in [-0.39, 0.29) is 0 Å². The molecular weight excluding hydrogens is 226 g/mol. The van der Waals surface area contributed by atoms with Gasteiger partial charge in [-0.3, -0.25) is 0 Å². The molecule has 5 heteroatoms. The van der Waals surface area contributed by atoms with Crippen molar-refractivity contribution in [1.29, 1.82) is 5.26 Å². The molecule has 0 amide bonds. The molecule has 0 fully saturated rings. The van der Waals surface area contributed by atoms with Gasteiger partial charge < -0.3 is 0 Å². The van der Waals surface area contributed by atoms with Gasteiger partial charge in [-0.05, 0) is 6.92 Å². The molecule has 2 heterocycles. The summed E-state index contributed by atoms with van der Waals surface area (Å²) in [4.78, 5) is 8.75. The van der Waals surface area contributed by atoms with Gasteiger partial charge in [0.2, 0.25) is 0 Å². The lowest BCUT2D eigenvalue weighted by atomic mass is 10.3. The third-order valence-electron chi connectivity index (χ3n) is 1.86. The number of thiazole rings is 2. The molecule has 0 radical (unpaired) electrons. The van der Waals surface area contributed by atoms with Crippen LogP contribution in [0.4, 0.5) is 0 Å². The maximum Gasteiger partial charge on any atom is 0.0988 e. The van der Waals surface area contributed by atoms with E-state index in [9.17, 15) is 0 Å². The van der Waals surface area contributed by atoms with Gasteiger partial charge in [-0.1, -0.05) is 0 Å². The molecule has 0 spiro atoms. The van der Waals surface area contributed by atoms with Crippen molar-refractivity contribution >= 4 is 22.7 Å². The number of nitrogens with zero attached hydrogens (tertiary/aromatic N) is 3. The number of nitriles is 1. The van der Waals surface area contributed by atoms with Gasteiger partial charge in [-0.2, -0.15) is 5.26 Å². The number of rotatable bonds is 3. The van der Waals surface area contributed by atoms with E-state index in [1.54, 1.807) is 22.7 Å². The average molecular weight is 235 g/mol. The van der Waals surface area contributed by atoms with E-state index in [0.717, 1.165) is 27.8 Å². The van der Waals surface area contributed by atoms with Crippen LogP contribution in [0.3, 0.4) is 0 Å². The van der Waals surface area contributed by atoms with Crippen LogP contribution in [0, 0.1) is 18.3 Å². The fourth-order valence-corrected chi connectivity index (χ4v) is 2.66. The molecule has 0 bridgehead atoms. The largest absolute Gasteiger partial charge is 0.246 e. The maximum absolute atomic E-state index is 8.53. The summed E-state index contributed by atoms with van der Waals surface area (Å²) in [6.07, 6.45) is 1.17. The van der Waals surface area contributed by atoms with Gasteiger partial charge in [0.25, 0.3) is 0 Å². The quantitative estimate of drug-likeness (QED) is 0.821. The molecule has 0 aliphatic rings. The normalized spacial score (nSPS) is 10.1. The molecule has 2 aromatic heterocycles. The minimum Gasteiger partial charge on any atom is -0.246 e. The minimum absolute atomic E-state index is 0.395. The van der Waals surface area contributed by atoms with Crippen LogP contribution < -0.4 is 0 Å². The third kappa shape index (κ3) is 2.61. The molecule has 0 aliphatic carbocycles. The molecule has 0 N–H and O–H groups in total. The van der Waals surface area contributed by atoms with Crippen LogP contribution in [0.5, 0.6) is 0 Å². The van der Waals surface area contributed by atoms with Crippen molar-refractivity contribution in [2.45, 2.75) is 19.8 Å². The van der Waals surface area contributed by atoms with Crippen molar-refractivity contribution in [2.24, 2.45) is 0 Å². The first-order valence-electron chi connectivity index (χ1n) is 4.49. The van der Waals surface area contributed by atoms with Crippen molar-refractivity contribution in [1.82, 2.24) is 9.97 Å². The number of aromatic nitrogens is 2. The van der Waals surface area contributed by atoms with Gasteiger partial charge in [0.05, 0.1) is 33.9 Å². The predicted octanol–water partition coefficient (Wildman–Crippen LogP) is 2.56. The first-order chi connectivity index (χ1) is 7.28. The summed E-state index contributed by atoms with van der Waals surface area (Å²) in [6.45, 7) is 2.00. The summed E-state index contributed by atoms with van der Waals surface area (Å²) in [5.74, 6) is 0. The zero-order valence-electron chi connectivity index (χ0n) is 8.23. The second-order valence-corrected chi connectivity index (χ2v) is 5.11. The smallest absolute Gasteiger partial charge is 0.0988 e. The second-order valence-electron chi connectivity index (χ2n) is 3.10. The van der Waals surface area contributed by atoms with Crippen LogP contribution in [0.15, 0.2) is 10.8 Å². The summed E-state index contributed by atoms with van der Waals surface area (Å²) < 4.78 is 0. The molecule has 15 heavy (non-hydrogen) atoms. The van der Waals surface area contributed by atoms with E-state index in [4.69, 9.17) is 5.26 Å². The molecule has 0 atom stereocenters. The highest BCUT2D eigenvalue weighted by atomic mass is 32.1. The van der Waals surface area contributed by atoms with Gasteiger partial charge in [0.15, 0.2) is 0 Å². The molecule has 2 aromatic rings. The summed E-state index contributed by atoms with van der Waals surface area (Å²) in [6, 6.07) is 2.10. The molecule has 0 aromatic carbocycles. The van der Waals surface area contributed by atoms with E-state index in [1.165, 1.54) is 0 Å². The van der Waals surface area contributed by atoms with Crippen LogP contribution in [-0.4, -0.2) is 9.97 Å². The van der Waals surface area contributed by atoms with Crippen LogP contribution in [0.2, 0.25) is 0 Å². The zero-order chi connectivity index (χ0) is 10.7. The summed E-state index contributed by atoms with van der Waals surface area (Å²) in [7, 11) is 0. The highest BCUT2D eigenvalue weighted by Crippen LogP contribution is 2.16. The Morgan fingerprint density at radius 3 is 2.73 bits per heavy atom. The lowest BCUT2D eigenvalue weighted by Gasteiger charge is -1.89. The Morgan fingerprint density at radius 2 is 2.07 bits per heavy atom. The van der Waals surface area contributed by atoms with Crippen LogP contribution >= 0.6 is 22.7 Å². The topological polar surface area (TPSA) is 49.6 Å². The average Bonchev–Trinajstić information content (AvgIpc) is 2.78. The Balaban J connectivity index is 2.08. The first kappa shape index (κ1) is 10.3. The van der Waals surface area contributed by atoms with Crippen LogP contribution in [-0.2, 0) is 12.8 Å². The van der Waals surface area contributed by atoms with E-state index in [0.29, 0.717) is 6.42 Å². The van der Waals surface area contributed by atoms with Crippen molar-refractivity contribution in [3.05, 3.63) is 32.2 Å². The molecule has 0 unspecified atom stereocenters. The molecule has 2 rings (SSSR count). The standard InChI is InChI=1S/C10H9N3S2/c1-7-12-9(6-14-7)4-10-13-8(2-3-11)5-15-10/h5-6H,2,4H2,1H3. The highest BCUT2D eigenvalue weighted by molar-refractivity contribution is 7.10. The van der Waals surface area contributed by atoms with Crippen LogP contribution in [0.25, 0.3) is 0 Å². The molecule has 0 saturated heterocycles. The van der Waals surface area contributed by atoms with Crippen molar-refractivity contribution in [3.63, 3.8) is 0 Å². The Bertz CT molecular complexity index is 493. The number of aryl methyl sites for hydroxylation is 1. The van der Waals surface area contributed by atoms with Gasteiger partial charge in [-0.25, -0.2) is 9.97 Å². The SMILES string of the molecule is Cc1nc(Cc2nc(CC#N)cs2)cs1. The zero-order valence-corrected chi connectivity index (χ0v) is 9.86. The fraction of sp³-hybridized carbons (Fsp3) is 0.300. The minimum atomic E-state index is 0.395. The Hall–Kier alpha value is -1.25. The number of hydrogen-bond acceptors (Lipinski definition) is 5. The summed E-state index contributed by atoms with van der Waals surface area (Å²) in [5.41, 5.74) is 1.93. The lowest BCUT2D eigenvalue weighted by molar-refractivity contribution is 1.03.